The van der Waals surface area contributed by atoms with Gasteiger partial charge >= 0.3 is 0 Å². The Hall–Kier alpha value is -1.97. The predicted molar refractivity (Wildman–Crippen MR) is 90.8 cm³/mol. The summed E-state index contributed by atoms with van der Waals surface area (Å²) in [5.74, 6) is 0.190. The molecule has 23 heavy (non-hydrogen) atoms. The van der Waals surface area contributed by atoms with Crippen molar-refractivity contribution in [3.05, 3.63) is 29.3 Å². The van der Waals surface area contributed by atoms with E-state index in [0.29, 0.717) is 12.5 Å². The molecule has 1 fully saturated rings. The van der Waals surface area contributed by atoms with E-state index in [1.165, 1.54) is 0 Å². The van der Waals surface area contributed by atoms with Crippen molar-refractivity contribution in [3.63, 3.8) is 0 Å². The number of aromatic nitrogens is 1. The minimum absolute atomic E-state index is 0.107. The molecule has 1 atom stereocenters. The minimum Gasteiger partial charge on any atom is -0.337 e. The van der Waals surface area contributed by atoms with Crippen LogP contribution in [-0.4, -0.2) is 34.9 Å². The Morgan fingerprint density at radius 2 is 2.26 bits per heavy atom. The van der Waals surface area contributed by atoms with Gasteiger partial charge < -0.3 is 5.32 Å². The van der Waals surface area contributed by atoms with E-state index in [1.807, 2.05) is 37.1 Å². The molecule has 3 rings (SSSR count). The molecule has 2 aromatic rings. The lowest BCUT2D eigenvalue weighted by Gasteiger charge is -2.24. The van der Waals surface area contributed by atoms with Crippen LogP contribution in [0.15, 0.2) is 24.3 Å². The van der Waals surface area contributed by atoms with Gasteiger partial charge in [0.05, 0.1) is 29.4 Å². The second-order valence-corrected chi connectivity index (χ2v) is 7.50. The minimum atomic E-state index is -0.728. The van der Waals surface area contributed by atoms with Gasteiger partial charge in [-0.15, -0.1) is 11.3 Å². The molecule has 1 aromatic carbocycles. The van der Waals surface area contributed by atoms with Crippen molar-refractivity contribution in [1.82, 2.24) is 15.2 Å². The number of para-hydroxylation sites is 1. The number of amides is 1. The maximum absolute atomic E-state index is 12.2. The summed E-state index contributed by atoms with van der Waals surface area (Å²) in [6.07, 6.45) is 2.04. The van der Waals surface area contributed by atoms with Gasteiger partial charge in [-0.1, -0.05) is 12.1 Å². The van der Waals surface area contributed by atoms with Crippen LogP contribution in [0.2, 0.25) is 0 Å². The van der Waals surface area contributed by atoms with E-state index in [2.05, 4.69) is 22.4 Å². The monoisotopic (exact) mass is 328 g/mol. The molecular formula is C17H20N4OS. The fourth-order valence-corrected chi connectivity index (χ4v) is 3.78. The van der Waals surface area contributed by atoms with Crippen LogP contribution in [0.3, 0.4) is 0 Å². The number of benzene rings is 1. The van der Waals surface area contributed by atoms with Gasteiger partial charge in [0.2, 0.25) is 5.91 Å². The number of hydrogen-bond donors (Lipinski definition) is 1. The standard InChI is InChI=1S/C17H20N4OS/c1-17(11-18,12-7-8-12)20-15(22)9-21(2)10-16-19-13-5-3-4-6-14(13)23-16/h3-6,12H,7-10H2,1-2H3,(H,20,22)/t17-/m1/s1. The van der Waals surface area contributed by atoms with Crippen LogP contribution in [0, 0.1) is 17.2 Å². The van der Waals surface area contributed by atoms with Crippen LogP contribution < -0.4 is 5.32 Å². The number of nitriles is 1. The number of hydrogen-bond acceptors (Lipinski definition) is 5. The lowest BCUT2D eigenvalue weighted by atomic mass is 9.98. The first kappa shape index (κ1) is 15.9. The van der Waals surface area contributed by atoms with Gasteiger partial charge in [0.15, 0.2) is 0 Å². The molecule has 5 nitrogen and oxygen atoms in total. The van der Waals surface area contributed by atoms with Gasteiger partial charge in [0.25, 0.3) is 0 Å². The summed E-state index contributed by atoms with van der Waals surface area (Å²) in [4.78, 5) is 18.7. The summed E-state index contributed by atoms with van der Waals surface area (Å²) < 4.78 is 1.16. The number of nitrogens with one attached hydrogen (secondary N) is 1. The van der Waals surface area contributed by atoms with Gasteiger partial charge in [0.1, 0.15) is 10.5 Å². The first-order valence-corrected chi connectivity index (χ1v) is 8.57. The van der Waals surface area contributed by atoms with Crippen LogP contribution in [0.4, 0.5) is 0 Å². The van der Waals surface area contributed by atoms with Crippen molar-refractivity contribution in [2.45, 2.75) is 31.8 Å². The van der Waals surface area contributed by atoms with Gasteiger partial charge in [-0.2, -0.15) is 5.26 Å². The molecule has 0 unspecified atom stereocenters. The van der Waals surface area contributed by atoms with Crippen molar-refractivity contribution >= 4 is 27.5 Å². The molecule has 0 spiro atoms. The Kier molecular flexibility index (Phi) is 4.33. The highest BCUT2D eigenvalue weighted by Gasteiger charge is 2.43. The zero-order valence-corrected chi connectivity index (χ0v) is 14.2. The third-order valence-electron chi connectivity index (χ3n) is 4.18. The fourth-order valence-electron chi connectivity index (χ4n) is 2.73. The fraction of sp³-hybridized carbons (Fsp3) is 0.471. The molecule has 1 saturated carbocycles. The summed E-state index contributed by atoms with van der Waals surface area (Å²) >= 11 is 1.65. The van der Waals surface area contributed by atoms with E-state index >= 15 is 0 Å². The maximum atomic E-state index is 12.2. The van der Waals surface area contributed by atoms with Crippen LogP contribution in [0.25, 0.3) is 10.2 Å². The predicted octanol–water partition coefficient (Wildman–Crippen LogP) is 2.54. The Labute approximate surface area is 139 Å². The number of carbonyl (C=O) groups excluding carboxylic acids is 1. The third-order valence-corrected chi connectivity index (χ3v) is 5.20. The SMILES string of the molecule is CN(CC(=O)N[C@](C)(C#N)C1CC1)Cc1nc2ccccc2s1. The van der Waals surface area contributed by atoms with E-state index < -0.39 is 5.54 Å². The van der Waals surface area contributed by atoms with Crippen LogP contribution in [0.1, 0.15) is 24.8 Å². The van der Waals surface area contributed by atoms with Crippen molar-refractivity contribution in [2.24, 2.45) is 5.92 Å². The van der Waals surface area contributed by atoms with E-state index in [9.17, 15) is 10.1 Å². The smallest absolute Gasteiger partial charge is 0.235 e. The van der Waals surface area contributed by atoms with E-state index in [-0.39, 0.29) is 12.5 Å². The lowest BCUT2D eigenvalue weighted by Crippen LogP contribution is -2.49. The van der Waals surface area contributed by atoms with Crippen LogP contribution >= 0.6 is 11.3 Å². The first-order valence-electron chi connectivity index (χ1n) is 7.75. The number of carbonyl (C=O) groups is 1. The molecule has 1 aliphatic carbocycles. The van der Waals surface area contributed by atoms with Crippen molar-refractivity contribution in [1.29, 1.82) is 5.26 Å². The van der Waals surface area contributed by atoms with E-state index in [4.69, 9.17) is 0 Å². The third kappa shape index (κ3) is 3.69. The number of likely N-dealkylation sites (N-methyl/N-ethyl adjacent to an activating group) is 1. The molecule has 120 valence electrons. The van der Waals surface area contributed by atoms with E-state index in [1.54, 1.807) is 11.3 Å². The topological polar surface area (TPSA) is 69.0 Å². The summed E-state index contributed by atoms with van der Waals surface area (Å²) in [7, 11) is 1.90. The highest BCUT2D eigenvalue weighted by molar-refractivity contribution is 7.18. The Morgan fingerprint density at radius 1 is 1.52 bits per heavy atom. The molecule has 0 bridgehead atoms. The first-order chi connectivity index (χ1) is 11.0. The molecule has 1 aliphatic rings. The van der Waals surface area contributed by atoms with Crippen LogP contribution in [-0.2, 0) is 11.3 Å². The highest BCUT2D eigenvalue weighted by Crippen LogP contribution is 2.39. The normalized spacial score (nSPS) is 17.0. The molecule has 1 N–H and O–H groups in total. The number of rotatable bonds is 6. The van der Waals surface area contributed by atoms with Gasteiger partial charge in [-0.25, -0.2) is 4.98 Å². The van der Waals surface area contributed by atoms with Gasteiger partial charge in [-0.3, -0.25) is 9.69 Å². The summed E-state index contributed by atoms with van der Waals surface area (Å²) in [5.41, 5.74) is 0.268. The zero-order chi connectivity index (χ0) is 16.4. The van der Waals surface area contributed by atoms with Gasteiger partial charge in [0, 0.05) is 0 Å². The highest BCUT2D eigenvalue weighted by atomic mass is 32.1. The lowest BCUT2D eigenvalue weighted by molar-refractivity contribution is -0.123. The van der Waals surface area contributed by atoms with Crippen molar-refractivity contribution in [2.75, 3.05) is 13.6 Å². The van der Waals surface area contributed by atoms with E-state index in [0.717, 1.165) is 28.1 Å². The van der Waals surface area contributed by atoms with Crippen molar-refractivity contribution in [3.8, 4) is 6.07 Å². The van der Waals surface area contributed by atoms with Crippen molar-refractivity contribution < 1.29 is 4.79 Å². The molecule has 1 amide bonds. The average molecular weight is 328 g/mol. The number of nitrogens with zero attached hydrogens (tertiary/aromatic N) is 3. The molecule has 6 heteroatoms. The molecular weight excluding hydrogens is 308 g/mol. The van der Waals surface area contributed by atoms with Gasteiger partial charge in [-0.05, 0) is 44.9 Å². The number of fused-ring (bicyclic) bond motifs is 1. The summed E-state index contributed by atoms with van der Waals surface area (Å²) in [5, 5.41) is 13.2. The second kappa shape index (κ2) is 6.26. The molecule has 0 radical (unpaired) electrons. The molecule has 1 aromatic heterocycles. The number of thiazole rings is 1. The average Bonchev–Trinajstić information content (AvgIpc) is 3.28. The summed E-state index contributed by atoms with van der Waals surface area (Å²) in [6.45, 7) is 2.70. The largest absolute Gasteiger partial charge is 0.337 e. The Bertz CT molecular complexity index is 728. The zero-order valence-electron chi connectivity index (χ0n) is 13.4. The Morgan fingerprint density at radius 3 is 2.91 bits per heavy atom. The second-order valence-electron chi connectivity index (χ2n) is 6.38. The maximum Gasteiger partial charge on any atom is 0.235 e. The Balaban J connectivity index is 1.57. The van der Waals surface area contributed by atoms with Crippen LogP contribution in [0.5, 0.6) is 0 Å². The quantitative estimate of drug-likeness (QED) is 0.885. The summed E-state index contributed by atoms with van der Waals surface area (Å²) in [6, 6.07) is 10.3. The molecule has 0 saturated heterocycles. The molecule has 0 aliphatic heterocycles. The molecule has 1 heterocycles.